The van der Waals surface area contributed by atoms with Crippen molar-refractivity contribution in [3.63, 3.8) is 0 Å². The molecule has 2 amide bonds. The summed E-state index contributed by atoms with van der Waals surface area (Å²) in [6.07, 6.45) is 1.99. The van der Waals surface area contributed by atoms with E-state index < -0.39 is 12.5 Å². The van der Waals surface area contributed by atoms with Crippen LogP contribution in [0.5, 0.6) is 5.88 Å². The van der Waals surface area contributed by atoms with E-state index in [-0.39, 0.29) is 29.8 Å². The van der Waals surface area contributed by atoms with Crippen LogP contribution in [0.1, 0.15) is 48.0 Å². The lowest BCUT2D eigenvalue weighted by Gasteiger charge is -2.18. The van der Waals surface area contributed by atoms with Crippen LogP contribution in [0, 0.1) is 6.92 Å². The third-order valence-electron chi connectivity index (χ3n) is 4.35. The molecular weight excluding hydrogens is 406 g/mol. The molecule has 31 heavy (non-hydrogen) atoms. The van der Waals surface area contributed by atoms with E-state index in [1.165, 1.54) is 26.1 Å². The van der Waals surface area contributed by atoms with Gasteiger partial charge in [0.25, 0.3) is 5.91 Å². The van der Waals surface area contributed by atoms with Gasteiger partial charge in [0.15, 0.2) is 6.61 Å². The first-order valence-electron chi connectivity index (χ1n) is 9.70. The average Bonchev–Trinajstić information content (AvgIpc) is 2.69. The fourth-order valence-electron chi connectivity index (χ4n) is 2.64. The van der Waals surface area contributed by atoms with Gasteiger partial charge in [0, 0.05) is 36.5 Å². The summed E-state index contributed by atoms with van der Waals surface area (Å²) in [5.41, 5.74) is 1.99. The largest absolute Gasteiger partial charge is 0.471 e. The Morgan fingerprint density at radius 2 is 1.94 bits per heavy atom. The predicted octanol–water partition coefficient (Wildman–Crippen LogP) is 3.83. The molecule has 0 saturated heterocycles. The fraction of sp³-hybridized carbons (Fsp3) is 0.364. The number of carbonyl (C=O) groups is 2. The smallest absolute Gasteiger partial charge is 0.302 e. The van der Waals surface area contributed by atoms with E-state index in [1.54, 1.807) is 19.1 Å². The summed E-state index contributed by atoms with van der Waals surface area (Å²) in [6.45, 7) is 8.78. The molecular formula is C22H26F2N4O3. The minimum atomic E-state index is -3.14. The summed E-state index contributed by atoms with van der Waals surface area (Å²) >= 11 is 0. The number of ether oxygens (including phenoxy) is 1. The van der Waals surface area contributed by atoms with Gasteiger partial charge >= 0.3 is 5.92 Å². The second-order valence-electron chi connectivity index (χ2n) is 7.18. The highest BCUT2D eigenvalue weighted by Crippen LogP contribution is 2.25. The zero-order valence-corrected chi connectivity index (χ0v) is 18.0. The maximum absolute atomic E-state index is 13.7. The number of hydrogen-bond donors (Lipinski definition) is 2. The summed E-state index contributed by atoms with van der Waals surface area (Å²) in [5.74, 6) is -3.36. The van der Waals surface area contributed by atoms with Crippen LogP contribution in [0.2, 0.25) is 0 Å². The van der Waals surface area contributed by atoms with E-state index in [9.17, 15) is 18.4 Å². The summed E-state index contributed by atoms with van der Waals surface area (Å²) in [4.78, 5) is 32.0. The first kappa shape index (κ1) is 23.9. The Morgan fingerprint density at radius 3 is 2.55 bits per heavy atom. The van der Waals surface area contributed by atoms with Gasteiger partial charge in [-0.15, -0.1) is 0 Å². The molecule has 0 aromatic carbocycles. The number of amides is 2. The summed E-state index contributed by atoms with van der Waals surface area (Å²) < 4.78 is 32.6. The third kappa shape index (κ3) is 6.84. The van der Waals surface area contributed by atoms with Crippen LogP contribution in [0.4, 0.5) is 14.6 Å². The van der Waals surface area contributed by atoms with Crippen LogP contribution >= 0.6 is 0 Å². The Kier molecular flexibility index (Phi) is 7.79. The van der Waals surface area contributed by atoms with Crippen molar-refractivity contribution in [1.29, 1.82) is 0 Å². The number of halogens is 2. The van der Waals surface area contributed by atoms with E-state index in [1.807, 2.05) is 6.92 Å². The van der Waals surface area contributed by atoms with E-state index in [2.05, 4.69) is 27.2 Å². The van der Waals surface area contributed by atoms with Gasteiger partial charge < -0.3 is 15.4 Å². The van der Waals surface area contributed by atoms with Crippen molar-refractivity contribution in [2.75, 3.05) is 11.9 Å². The van der Waals surface area contributed by atoms with Gasteiger partial charge in [0.2, 0.25) is 11.8 Å². The van der Waals surface area contributed by atoms with Crippen LogP contribution < -0.4 is 15.4 Å². The lowest BCUT2D eigenvalue weighted by atomic mass is 10.1. The zero-order chi connectivity index (χ0) is 23.2. The zero-order valence-electron chi connectivity index (χ0n) is 18.0. The maximum atomic E-state index is 13.7. The Balaban J connectivity index is 2.07. The van der Waals surface area contributed by atoms with E-state index in [0.717, 1.165) is 0 Å². The topological polar surface area (TPSA) is 93.2 Å². The van der Waals surface area contributed by atoms with Gasteiger partial charge in [0.05, 0.1) is 0 Å². The van der Waals surface area contributed by atoms with Crippen LogP contribution in [0.25, 0.3) is 0 Å². The number of hydrogen-bond acceptors (Lipinski definition) is 5. The van der Waals surface area contributed by atoms with E-state index >= 15 is 0 Å². The molecule has 0 aliphatic carbocycles. The van der Waals surface area contributed by atoms with Gasteiger partial charge in [-0.1, -0.05) is 13.5 Å². The first-order chi connectivity index (χ1) is 14.5. The number of alkyl halides is 2. The van der Waals surface area contributed by atoms with E-state index in [0.29, 0.717) is 34.6 Å². The van der Waals surface area contributed by atoms with Gasteiger partial charge in [-0.2, -0.15) is 8.78 Å². The number of carbonyl (C=O) groups excluding carboxylic acids is 2. The number of aryl methyl sites for hydroxylation is 2. The number of aromatic nitrogens is 2. The number of pyridine rings is 2. The molecule has 0 bridgehead atoms. The molecule has 2 rings (SSSR count). The lowest BCUT2D eigenvalue weighted by molar-refractivity contribution is -0.114. The summed E-state index contributed by atoms with van der Waals surface area (Å²) in [7, 11) is 0. The van der Waals surface area contributed by atoms with Crippen molar-refractivity contribution in [1.82, 2.24) is 15.3 Å². The molecule has 2 aromatic heterocycles. The van der Waals surface area contributed by atoms with Crippen molar-refractivity contribution in [3.8, 4) is 5.88 Å². The number of anilines is 1. The Bertz CT molecular complexity index is 993. The molecule has 2 aromatic rings. The molecule has 0 unspecified atom stereocenters. The van der Waals surface area contributed by atoms with Gasteiger partial charge in [-0.3, -0.25) is 9.59 Å². The highest BCUT2D eigenvalue weighted by atomic mass is 19.3. The Labute approximate surface area is 179 Å². The Hall–Kier alpha value is -3.36. The monoisotopic (exact) mass is 432 g/mol. The average molecular weight is 432 g/mol. The van der Waals surface area contributed by atoms with Gasteiger partial charge in [-0.05, 0) is 49.6 Å². The molecule has 9 heteroatoms. The molecule has 2 heterocycles. The summed E-state index contributed by atoms with van der Waals surface area (Å²) in [5, 5.41) is 5.33. The van der Waals surface area contributed by atoms with Crippen molar-refractivity contribution in [3.05, 3.63) is 58.9 Å². The molecule has 0 saturated carbocycles. The van der Waals surface area contributed by atoms with Crippen molar-refractivity contribution in [2.45, 2.75) is 46.6 Å². The molecule has 0 atom stereocenters. The lowest BCUT2D eigenvalue weighted by Crippen LogP contribution is -2.27. The quantitative estimate of drug-likeness (QED) is 0.588. The minimum absolute atomic E-state index is 0.128. The normalized spacial score (nSPS) is 11.0. The number of nitrogens with zero attached hydrogens (tertiary/aromatic N) is 2. The third-order valence-corrected chi connectivity index (χ3v) is 4.35. The Morgan fingerprint density at radius 1 is 1.23 bits per heavy atom. The number of nitrogens with one attached hydrogen (secondary N) is 2. The van der Waals surface area contributed by atoms with Crippen LogP contribution in [0.15, 0.2) is 36.5 Å². The predicted molar refractivity (Wildman–Crippen MR) is 113 cm³/mol. The molecule has 7 nitrogen and oxygen atoms in total. The summed E-state index contributed by atoms with van der Waals surface area (Å²) in [6, 6.07) is 4.84. The number of rotatable bonds is 9. The molecule has 0 aliphatic heterocycles. The highest BCUT2D eigenvalue weighted by molar-refractivity contribution is 5.96. The van der Waals surface area contributed by atoms with Gasteiger partial charge in [-0.25, -0.2) is 9.97 Å². The highest BCUT2D eigenvalue weighted by Gasteiger charge is 2.31. The van der Waals surface area contributed by atoms with Crippen molar-refractivity contribution >= 4 is 17.6 Å². The SMILES string of the molecule is C=C(C)C(F)(F)COc1ncc(CNC(=O)c2cc(C)nc(NC(C)=O)c2)cc1CC. The molecule has 0 spiro atoms. The molecule has 0 aliphatic rings. The minimum Gasteiger partial charge on any atom is -0.471 e. The van der Waals surface area contributed by atoms with Crippen molar-refractivity contribution in [2.24, 2.45) is 0 Å². The molecule has 0 fully saturated rings. The standard InChI is InChI=1S/C22H26F2N4O3/c1-6-17-8-16(11-26-21(17)31-12-22(23,24)13(2)3)10-25-20(30)18-7-14(4)27-19(9-18)28-15(5)29/h7-9,11H,2,6,10,12H2,1,3-5H3,(H,25,30)(H,27,28,29). The molecule has 0 radical (unpaired) electrons. The van der Waals surface area contributed by atoms with Crippen LogP contribution in [-0.4, -0.2) is 34.3 Å². The second-order valence-corrected chi connectivity index (χ2v) is 7.18. The first-order valence-corrected chi connectivity index (χ1v) is 9.70. The van der Waals surface area contributed by atoms with Crippen molar-refractivity contribution < 1.29 is 23.1 Å². The molecule has 166 valence electrons. The van der Waals surface area contributed by atoms with Crippen LogP contribution in [-0.2, 0) is 17.8 Å². The fourth-order valence-corrected chi connectivity index (χ4v) is 2.64. The second kappa shape index (κ2) is 10.1. The van der Waals surface area contributed by atoms with E-state index in [4.69, 9.17) is 4.74 Å². The van der Waals surface area contributed by atoms with Gasteiger partial charge in [0.1, 0.15) is 5.82 Å². The van der Waals surface area contributed by atoms with Crippen LogP contribution in [0.3, 0.4) is 0 Å². The molecule has 2 N–H and O–H groups in total. The maximum Gasteiger partial charge on any atom is 0.302 e.